The summed E-state index contributed by atoms with van der Waals surface area (Å²) in [5, 5.41) is 2.56. The Morgan fingerprint density at radius 1 is 1.35 bits per heavy atom. The summed E-state index contributed by atoms with van der Waals surface area (Å²) < 4.78 is 36.8. The summed E-state index contributed by atoms with van der Waals surface area (Å²) in [4.78, 5) is 11.0. The van der Waals surface area contributed by atoms with E-state index in [1.165, 1.54) is 12.1 Å². The van der Waals surface area contributed by atoms with Crippen LogP contribution in [0.5, 0.6) is 0 Å². The molecule has 17 heavy (non-hydrogen) atoms. The molecule has 92 valence electrons. The molecule has 1 fully saturated rings. The second-order valence-electron chi connectivity index (χ2n) is 4.03. The second-order valence-corrected chi connectivity index (χ2v) is 5.99. The number of nitrogens with one attached hydrogen (secondary N) is 1. The molecule has 1 aliphatic carbocycles. The van der Waals surface area contributed by atoms with Crippen LogP contribution in [0.1, 0.15) is 12.8 Å². The monoisotopic (exact) mass is 257 g/mol. The van der Waals surface area contributed by atoms with Gasteiger partial charge in [0.15, 0.2) is 9.84 Å². The van der Waals surface area contributed by atoms with E-state index < -0.39 is 32.2 Å². The molecule has 0 heterocycles. The van der Waals surface area contributed by atoms with Gasteiger partial charge in [-0.3, -0.25) is 4.79 Å². The standard InChI is InChI=1S/C11H12FNO3S/c12-9-3-1-2-4-10(9)17(15,16)7-11(14)13-8-5-6-8/h1-4,8H,5-7H2,(H,13,14). The lowest BCUT2D eigenvalue weighted by Gasteiger charge is -2.05. The average molecular weight is 257 g/mol. The van der Waals surface area contributed by atoms with Crippen molar-refractivity contribution in [3.05, 3.63) is 30.1 Å². The Bertz CT molecular complexity index is 537. The smallest absolute Gasteiger partial charge is 0.235 e. The van der Waals surface area contributed by atoms with E-state index >= 15 is 0 Å². The average Bonchev–Trinajstić information content (AvgIpc) is 3.00. The van der Waals surface area contributed by atoms with Gasteiger partial charge in [-0.25, -0.2) is 12.8 Å². The predicted octanol–water partition coefficient (Wildman–Crippen LogP) is 0.878. The first kappa shape index (κ1) is 12.0. The Hall–Kier alpha value is -1.43. The van der Waals surface area contributed by atoms with Gasteiger partial charge < -0.3 is 5.32 Å². The van der Waals surface area contributed by atoms with Crippen molar-refractivity contribution in [2.24, 2.45) is 0 Å². The zero-order valence-electron chi connectivity index (χ0n) is 9.02. The normalized spacial score (nSPS) is 15.6. The number of benzene rings is 1. The van der Waals surface area contributed by atoms with Crippen LogP contribution in [0.4, 0.5) is 4.39 Å². The zero-order chi connectivity index (χ0) is 12.5. The number of hydrogen-bond acceptors (Lipinski definition) is 3. The van der Waals surface area contributed by atoms with Gasteiger partial charge in [0.25, 0.3) is 0 Å². The van der Waals surface area contributed by atoms with E-state index in [1.807, 2.05) is 0 Å². The SMILES string of the molecule is O=C(CS(=O)(=O)c1ccccc1F)NC1CC1. The highest BCUT2D eigenvalue weighted by Crippen LogP contribution is 2.19. The Kier molecular flexibility index (Phi) is 3.15. The molecule has 0 bridgehead atoms. The van der Waals surface area contributed by atoms with Crippen molar-refractivity contribution in [2.75, 3.05) is 5.75 Å². The largest absolute Gasteiger partial charge is 0.352 e. The number of amides is 1. The minimum atomic E-state index is -3.90. The van der Waals surface area contributed by atoms with Gasteiger partial charge >= 0.3 is 0 Å². The van der Waals surface area contributed by atoms with Crippen LogP contribution >= 0.6 is 0 Å². The molecule has 1 N–H and O–H groups in total. The van der Waals surface area contributed by atoms with Crippen LogP contribution in [0, 0.1) is 5.82 Å². The molecule has 1 aliphatic rings. The van der Waals surface area contributed by atoms with Gasteiger partial charge in [0.1, 0.15) is 16.5 Å². The van der Waals surface area contributed by atoms with Crippen LogP contribution in [0.2, 0.25) is 0 Å². The molecule has 1 aromatic carbocycles. The lowest BCUT2D eigenvalue weighted by Crippen LogP contribution is -2.32. The maximum Gasteiger partial charge on any atom is 0.235 e. The predicted molar refractivity (Wildman–Crippen MR) is 59.6 cm³/mol. The van der Waals surface area contributed by atoms with Crippen molar-refractivity contribution >= 4 is 15.7 Å². The fourth-order valence-corrected chi connectivity index (χ4v) is 2.68. The molecule has 0 unspecified atom stereocenters. The Morgan fingerprint density at radius 2 is 2.00 bits per heavy atom. The van der Waals surface area contributed by atoms with Gasteiger partial charge in [-0.15, -0.1) is 0 Å². The third-order valence-electron chi connectivity index (χ3n) is 2.44. The van der Waals surface area contributed by atoms with Gasteiger partial charge in [-0.05, 0) is 25.0 Å². The van der Waals surface area contributed by atoms with Crippen molar-refractivity contribution in [3.8, 4) is 0 Å². The first-order valence-electron chi connectivity index (χ1n) is 5.26. The molecule has 6 heteroatoms. The molecule has 0 radical (unpaired) electrons. The van der Waals surface area contributed by atoms with E-state index in [4.69, 9.17) is 0 Å². The number of carbonyl (C=O) groups excluding carboxylic acids is 1. The summed E-state index contributed by atoms with van der Waals surface area (Å²) in [7, 11) is -3.90. The van der Waals surface area contributed by atoms with Crippen LogP contribution < -0.4 is 5.32 Å². The molecule has 1 amide bonds. The van der Waals surface area contributed by atoms with Crippen LogP contribution in [0.25, 0.3) is 0 Å². The molecular formula is C11H12FNO3S. The number of sulfone groups is 1. The molecule has 4 nitrogen and oxygen atoms in total. The number of carbonyl (C=O) groups is 1. The summed E-state index contributed by atoms with van der Waals surface area (Å²) in [5.74, 6) is -2.10. The summed E-state index contributed by atoms with van der Waals surface area (Å²) in [6, 6.07) is 5.15. The highest BCUT2D eigenvalue weighted by molar-refractivity contribution is 7.92. The third kappa shape index (κ3) is 3.03. The lowest BCUT2D eigenvalue weighted by atomic mass is 10.3. The summed E-state index contributed by atoms with van der Waals surface area (Å²) >= 11 is 0. The Labute approximate surface area is 98.8 Å². The molecule has 0 aromatic heterocycles. The number of halogens is 1. The van der Waals surface area contributed by atoms with E-state index in [2.05, 4.69) is 5.32 Å². The Morgan fingerprint density at radius 3 is 2.59 bits per heavy atom. The zero-order valence-corrected chi connectivity index (χ0v) is 9.84. The van der Waals surface area contributed by atoms with Crippen molar-refractivity contribution in [3.63, 3.8) is 0 Å². The maximum absolute atomic E-state index is 13.3. The van der Waals surface area contributed by atoms with Crippen molar-refractivity contribution < 1.29 is 17.6 Å². The quantitative estimate of drug-likeness (QED) is 0.870. The molecule has 1 saturated carbocycles. The minimum Gasteiger partial charge on any atom is -0.352 e. The molecule has 0 spiro atoms. The van der Waals surface area contributed by atoms with Gasteiger partial charge in [-0.2, -0.15) is 0 Å². The second kappa shape index (κ2) is 4.44. The minimum absolute atomic E-state index is 0.0957. The highest BCUT2D eigenvalue weighted by Gasteiger charge is 2.27. The van der Waals surface area contributed by atoms with E-state index in [0.29, 0.717) is 0 Å². The van der Waals surface area contributed by atoms with E-state index in [1.54, 1.807) is 0 Å². The fourth-order valence-electron chi connectivity index (χ4n) is 1.44. The molecule has 0 aliphatic heterocycles. The highest BCUT2D eigenvalue weighted by atomic mass is 32.2. The fraction of sp³-hybridized carbons (Fsp3) is 0.364. The lowest BCUT2D eigenvalue weighted by molar-refractivity contribution is -0.118. The molecule has 0 atom stereocenters. The van der Waals surface area contributed by atoms with Crippen molar-refractivity contribution in [1.29, 1.82) is 0 Å². The van der Waals surface area contributed by atoms with Crippen LogP contribution in [0.3, 0.4) is 0 Å². The van der Waals surface area contributed by atoms with E-state index in [-0.39, 0.29) is 6.04 Å². The maximum atomic E-state index is 13.3. The van der Waals surface area contributed by atoms with Crippen molar-refractivity contribution in [2.45, 2.75) is 23.8 Å². The van der Waals surface area contributed by atoms with Gasteiger partial charge in [0.2, 0.25) is 5.91 Å². The van der Waals surface area contributed by atoms with Crippen LogP contribution in [0.15, 0.2) is 29.2 Å². The first-order chi connectivity index (χ1) is 7.99. The van der Waals surface area contributed by atoms with Gasteiger partial charge in [0, 0.05) is 6.04 Å². The summed E-state index contributed by atoms with van der Waals surface area (Å²) in [6.45, 7) is 0. The van der Waals surface area contributed by atoms with Gasteiger partial charge in [-0.1, -0.05) is 12.1 Å². The van der Waals surface area contributed by atoms with Gasteiger partial charge in [0.05, 0.1) is 0 Å². The van der Waals surface area contributed by atoms with E-state index in [9.17, 15) is 17.6 Å². The number of hydrogen-bond donors (Lipinski definition) is 1. The number of rotatable bonds is 4. The van der Waals surface area contributed by atoms with E-state index in [0.717, 1.165) is 25.0 Å². The molecule has 2 rings (SSSR count). The molecular weight excluding hydrogens is 245 g/mol. The first-order valence-corrected chi connectivity index (χ1v) is 6.91. The van der Waals surface area contributed by atoms with Crippen LogP contribution in [-0.4, -0.2) is 26.1 Å². The third-order valence-corrected chi connectivity index (χ3v) is 4.08. The Balaban J connectivity index is 2.13. The topological polar surface area (TPSA) is 63.2 Å². The van der Waals surface area contributed by atoms with Crippen molar-refractivity contribution in [1.82, 2.24) is 5.32 Å². The summed E-state index contributed by atoms with van der Waals surface area (Å²) in [6.07, 6.45) is 1.76. The summed E-state index contributed by atoms with van der Waals surface area (Å²) in [5.41, 5.74) is 0. The molecule has 0 saturated heterocycles. The molecule has 1 aromatic rings. The van der Waals surface area contributed by atoms with Crippen LogP contribution in [-0.2, 0) is 14.6 Å².